The maximum absolute atomic E-state index is 14.9. The molecule has 2 aromatic carbocycles. The molecular formula is C88H119N14O19S4+. The smallest absolute Gasteiger partial charge is 0.497 e. The number of ketones is 1. The lowest BCUT2D eigenvalue weighted by atomic mass is 9.85. The van der Waals surface area contributed by atoms with Crippen LogP contribution in [-0.4, -0.2) is 210 Å². The van der Waals surface area contributed by atoms with E-state index in [0.29, 0.717) is 118 Å². The molecule has 6 aromatic rings. The van der Waals surface area contributed by atoms with Crippen LogP contribution in [0.4, 0.5) is 19.9 Å². The summed E-state index contributed by atoms with van der Waals surface area (Å²) >= 11 is 2.92. The van der Waals surface area contributed by atoms with Crippen molar-refractivity contribution in [1.29, 1.82) is 0 Å². The van der Waals surface area contributed by atoms with Crippen LogP contribution in [0.1, 0.15) is 198 Å². The van der Waals surface area contributed by atoms with Crippen LogP contribution in [-0.2, 0) is 58.0 Å². The van der Waals surface area contributed by atoms with Gasteiger partial charge < -0.3 is 65.6 Å². The summed E-state index contributed by atoms with van der Waals surface area (Å²) in [7, 11) is -4.31. The Kier molecular flexibility index (Phi) is 30.0. The van der Waals surface area contributed by atoms with Gasteiger partial charge in [0.2, 0.25) is 43.6 Å². The number of anilines is 2. The minimum Gasteiger partial charge on any atom is -0.497 e. The van der Waals surface area contributed by atoms with Gasteiger partial charge in [0.25, 0.3) is 11.8 Å². The summed E-state index contributed by atoms with van der Waals surface area (Å²) in [5.74, 6) is -2.02. The molecule has 0 radical (unpaired) electrons. The average Bonchev–Trinajstić information content (AvgIpc) is 1.57. The number of rotatable bonds is 20. The van der Waals surface area contributed by atoms with Crippen molar-refractivity contribution in [2.24, 2.45) is 28.4 Å². The monoisotopic (exact) mass is 1800 g/mol. The maximum atomic E-state index is 14.9. The predicted molar refractivity (Wildman–Crippen MR) is 476 cm³/mol. The van der Waals surface area contributed by atoms with E-state index in [2.05, 4.69) is 36.0 Å². The van der Waals surface area contributed by atoms with Crippen molar-refractivity contribution in [2.75, 3.05) is 49.4 Å². The Morgan fingerprint density at radius 1 is 0.592 bits per heavy atom. The van der Waals surface area contributed by atoms with E-state index in [1.54, 1.807) is 50.6 Å². The third-order valence-corrected chi connectivity index (χ3v) is 27.5. The predicted octanol–water partition coefficient (Wildman–Crippen LogP) is 11.8. The van der Waals surface area contributed by atoms with Crippen LogP contribution in [0.25, 0.3) is 44.6 Å². The second-order valence-corrected chi connectivity index (χ2v) is 41.7. The fourth-order valence-electron chi connectivity index (χ4n) is 16.3. The van der Waals surface area contributed by atoms with Crippen LogP contribution in [0.5, 0.6) is 23.0 Å². The molecule has 0 spiro atoms. The Morgan fingerprint density at radius 3 is 1.56 bits per heavy atom. The van der Waals surface area contributed by atoms with Crippen molar-refractivity contribution in [1.82, 2.24) is 55.1 Å². The van der Waals surface area contributed by atoms with E-state index >= 15 is 0 Å². The minimum absolute atomic E-state index is 0.00318. The lowest BCUT2D eigenvalue weighted by Gasteiger charge is -2.35. The summed E-state index contributed by atoms with van der Waals surface area (Å²) in [5, 5.41) is 31.9. The molecule has 4 aliphatic carbocycles. The lowest BCUT2D eigenvalue weighted by molar-refractivity contribution is -0.347. The molecule has 6 fully saturated rings. The highest BCUT2D eigenvalue weighted by Crippen LogP contribution is 2.47. The second-order valence-electron chi connectivity index (χ2n) is 36.3. The van der Waals surface area contributed by atoms with Gasteiger partial charge in [-0.05, 0) is 153 Å². The molecule has 14 rings (SSSR count). The van der Waals surface area contributed by atoms with Crippen molar-refractivity contribution in [3.05, 3.63) is 83.6 Å². The number of pyridine rings is 2. The van der Waals surface area contributed by atoms with E-state index in [-0.39, 0.29) is 68.0 Å². The number of alkyl carbamates (subject to hydrolysis) is 1. The molecule has 37 heteroatoms. The number of carbonyl (C=O) groups excluding carboxylic acids is 8. The Bertz CT molecular complexity index is 5300. The van der Waals surface area contributed by atoms with Crippen molar-refractivity contribution in [2.45, 2.75) is 263 Å². The zero-order valence-corrected chi connectivity index (χ0v) is 76.4. The van der Waals surface area contributed by atoms with Gasteiger partial charge in [-0.2, -0.15) is 0 Å². The number of nitrogens with two attached hydrogens (primary N) is 1. The Labute approximate surface area is 737 Å². The second kappa shape index (κ2) is 39.8. The Morgan fingerprint density at radius 2 is 1.07 bits per heavy atom. The number of benzene rings is 2. The number of fused-ring (bicyclic) bond motifs is 4. The number of likely N-dealkylation sites (tertiary alicyclic amines) is 2. The van der Waals surface area contributed by atoms with E-state index in [1.807, 2.05) is 116 Å². The first-order valence-electron chi connectivity index (χ1n) is 43.1. The molecular weight excluding hydrogens is 1690 g/mol. The number of nitrogens with zero attached hydrogens (tertiary/aromatic N) is 6. The number of thiazole rings is 2. The van der Waals surface area contributed by atoms with Gasteiger partial charge in [0.05, 0.1) is 66.0 Å². The standard InChI is InChI=1S/C44H59N7O9S2.C33H41N5O7S.C11H18N2O3S/c1-26(2)45-41-47-34(25-61-41)33-22-36(31-18-17-29(58-6)20-32(31)46-33)59-30-21-35(51(24-30)39(53)37(43(3,4)5)48-42(55)60-28-15-11-12-16-28)38(52)49-44-23-27(44)14-10-8-7-9-13-19-62(56,57)50-40(44)54;1-18(2)34-31-36-25(17-46-31)24-15-27(22-12-11-20(43-6)13-23(22)35-24)44-21-14-26(30(40)41)38(16-21)29(39)28(33(3,4)5)37-32(42)45-19-9-7-8-10-19;12-11-8-9(11)6-4-2-1-3-5-7-17(15,16)13-10(11)14/h10,14,17-18,20,22,25-28,30,35,37H,7-9,11-13,15-16,19,21,23-24H2,1-6H3,(H,45,47)(H,48,55)(H,49,52)(H,50,54);11-13,15,17-18,21,26,28H,7-10,14,16H2,1-6H3,(H2-,34,36,37,40,41,42);4,6,9H,1-3,5,7-8,12H2,(H,13,14)/p+1/b14-10-;;6-4-/t27?,30-,35+,37-,44-;21-,26+,28-;9?,11-/m111/s1. The number of carbonyl (C=O) groups is 8. The van der Waals surface area contributed by atoms with Gasteiger partial charge >= 0.3 is 18.2 Å². The zero-order valence-electron chi connectivity index (χ0n) is 73.1. The molecule has 0 bridgehead atoms. The highest BCUT2D eigenvalue weighted by Gasteiger charge is 2.62. The minimum atomic E-state index is -3.96. The fourth-order valence-corrected chi connectivity index (χ4v) is 20.3. The third-order valence-electron chi connectivity index (χ3n) is 23.4. The molecule has 7 amide bonds. The van der Waals surface area contributed by atoms with Crippen molar-refractivity contribution < 1.29 is 88.4 Å². The number of hydrogen-bond acceptors (Lipinski definition) is 26. The summed E-state index contributed by atoms with van der Waals surface area (Å²) in [6.07, 6.45) is 18.3. The van der Waals surface area contributed by atoms with Crippen LogP contribution in [0.3, 0.4) is 0 Å². The molecule has 10 N–H and O–H groups in total. The summed E-state index contributed by atoms with van der Waals surface area (Å²) < 4.78 is 88.8. The Balaban J connectivity index is 0.000000197. The average molecular weight is 1810 g/mol. The van der Waals surface area contributed by atoms with Gasteiger partial charge in [0, 0.05) is 95.4 Å². The molecule has 4 aromatic heterocycles. The number of ether oxygens (including phenoxy) is 5. The molecule has 4 saturated carbocycles. The molecule has 125 heavy (non-hydrogen) atoms. The van der Waals surface area contributed by atoms with E-state index in [9.17, 15) is 60.3 Å². The third kappa shape index (κ3) is 24.2. The normalized spacial score (nSPS) is 24.7. The molecule has 2 saturated heterocycles. The maximum Gasteiger partial charge on any atom is 0.691 e. The van der Waals surface area contributed by atoms with Crippen molar-refractivity contribution in [3.63, 3.8) is 0 Å². The van der Waals surface area contributed by atoms with E-state index in [1.165, 1.54) is 32.5 Å². The number of methoxy groups -OCH3 is 2. The molecule has 678 valence electrons. The van der Waals surface area contributed by atoms with Gasteiger partial charge in [-0.3, -0.25) is 43.2 Å². The van der Waals surface area contributed by atoms with E-state index in [0.717, 1.165) is 74.5 Å². The first-order chi connectivity index (χ1) is 59.2. The van der Waals surface area contributed by atoms with E-state index < -0.39 is 132 Å². The topological polar surface area (TPSA) is 451 Å². The number of hydrogen-bond donors (Lipinski definition) is 9. The highest BCUT2D eigenvalue weighted by atomic mass is 32.2. The van der Waals surface area contributed by atoms with Crippen LogP contribution in [0, 0.1) is 22.7 Å². The highest BCUT2D eigenvalue weighted by molar-refractivity contribution is 7.90. The first kappa shape index (κ1) is 94.0. The summed E-state index contributed by atoms with van der Waals surface area (Å²) in [6, 6.07) is 10.4. The zero-order chi connectivity index (χ0) is 90.1. The first-order valence-corrected chi connectivity index (χ1v) is 48.2. The lowest BCUT2D eigenvalue weighted by Crippen LogP contribution is -2.60. The Hall–Kier alpha value is -10.1. The van der Waals surface area contributed by atoms with Gasteiger partial charge in [-0.1, -0.05) is 78.7 Å². The van der Waals surface area contributed by atoms with Crippen molar-refractivity contribution in [3.8, 4) is 45.8 Å². The molecule has 8 heterocycles. The number of sulfonamides is 2. The quantitative estimate of drug-likeness (QED) is 0.0253. The molecule has 2 unspecified atom stereocenters. The molecule has 4 aliphatic heterocycles. The number of aliphatic carboxylic acids is 1. The van der Waals surface area contributed by atoms with Crippen LogP contribution >= 0.6 is 22.7 Å². The number of aromatic nitrogens is 4. The number of nitrogens with one attached hydrogen (secondary N) is 7. The summed E-state index contributed by atoms with van der Waals surface area (Å²) in [6.45, 7) is 19.0. The number of amides is 7. The van der Waals surface area contributed by atoms with Crippen LogP contribution in [0.15, 0.2) is 83.6 Å². The molecule has 33 nitrogen and oxygen atoms in total. The van der Waals surface area contributed by atoms with Gasteiger partial charge in [0.15, 0.2) is 10.3 Å². The van der Waals surface area contributed by atoms with Crippen LogP contribution < -0.4 is 60.7 Å². The largest absolute Gasteiger partial charge is 0.691 e. The van der Waals surface area contributed by atoms with Crippen LogP contribution in [0.2, 0.25) is 0 Å². The summed E-state index contributed by atoms with van der Waals surface area (Å²) in [4.78, 5) is 130. The van der Waals surface area contributed by atoms with Crippen molar-refractivity contribution >= 4 is 128 Å². The van der Waals surface area contributed by atoms with Gasteiger partial charge in [-0.25, -0.2) is 46.4 Å². The number of allylic oxidation sites excluding steroid dienone is 2. The summed E-state index contributed by atoms with van der Waals surface area (Å²) in [5.41, 5.74) is 5.41. The SMILES string of the molecule is COc1ccc2c(O[C@@H]3C[C@@H](C(=O)N[C@]45CC4/C=C\CCCCCS(=O)(=O)NC5=O)N(C(=O)[C@@H](NC(=O)OC4CCCC4)C(C)(C)C)C3)cc(-c3csc(NC(C)C)n3)nc2c1.COc1ccc2c(O[C@@H]3C[C@@H](C(=O)O)N(C(=O)[C@@H](NC(=O)[O+]=C4CCCC4)C(C)(C)C)C3)cc(-c3csc(NC(C)C)n3)nc2c1.N[C@]12CC1/C=C\CCCCCS(=O)(=O)NC2=O. The number of carboxylic acid groups (broad SMARTS) is 1. The van der Waals surface area contributed by atoms with Gasteiger partial charge in [-0.15, -0.1) is 22.7 Å². The molecule has 10 atom stereocenters. The van der Waals surface area contributed by atoms with E-state index in [4.69, 9.17) is 53.8 Å². The molecule has 8 aliphatic rings. The number of carboxylic acids is 1. The fraction of sp³-hybridized carbons (Fsp3) is 0.580. The van der Waals surface area contributed by atoms with Gasteiger partial charge in [0.1, 0.15) is 87.9 Å².